The van der Waals surface area contributed by atoms with Crippen molar-refractivity contribution in [3.8, 4) is 0 Å². The Morgan fingerprint density at radius 1 is 0.905 bits per heavy atom. The monoisotopic (exact) mass is 317 g/mol. The molecule has 0 unspecified atom stereocenters. The lowest BCUT2D eigenvalue weighted by Crippen LogP contribution is -2.38. The van der Waals surface area contributed by atoms with Gasteiger partial charge in [0.15, 0.2) is 0 Å². The Morgan fingerprint density at radius 3 is 1.48 bits per heavy atom. The van der Waals surface area contributed by atoms with Crippen LogP contribution in [-0.2, 0) is 9.37 Å². The van der Waals surface area contributed by atoms with Crippen LogP contribution < -0.4 is 5.26 Å². The van der Waals surface area contributed by atoms with Crippen LogP contribution in [0.25, 0.3) is 0 Å². The van der Waals surface area contributed by atoms with Crippen LogP contribution >= 0.6 is 12.0 Å². The Kier molecular flexibility index (Phi) is 8.62. The lowest BCUT2D eigenvalue weighted by atomic mass is 9.56. The fraction of sp³-hybridized carbons (Fsp3) is 1.00. The summed E-state index contributed by atoms with van der Waals surface area (Å²) in [6.45, 7) is 9.95. The van der Waals surface area contributed by atoms with Crippen molar-refractivity contribution in [3.63, 3.8) is 0 Å². The Balaban J connectivity index is 0.000000190. The molecule has 4 bridgehead atoms. The number of hydrogen-bond donors (Lipinski definition) is 0. The van der Waals surface area contributed by atoms with Crippen LogP contribution in [0.5, 0.6) is 0 Å². The summed E-state index contributed by atoms with van der Waals surface area (Å²) in [4.78, 5) is 0. The van der Waals surface area contributed by atoms with Crippen LogP contribution in [0, 0.1) is 23.7 Å². The summed E-state index contributed by atoms with van der Waals surface area (Å²) in [6, 6.07) is 0. The predicted octanol–water partition coefficient (Wildman–Crippen LogP) is 4.91. The molecule has 4 aliphatic rings. The molecule has 0 aromatic carbocycles. The third kappa shape index (κ3) is 6.47. The molecule has 0 saturated heterocycles. The van der Waals surface area contributed by atoms with Gasteiger partial charge in [-0.05, 0) is 82.5 Å². The molecule has 0 radical (unpaired) electrons. The average molecular weight is 318 g/mol. The van der Waals surface area contributed by atoms with Crippen LogP contribution in [0.15, 0.2) is 0 Å². The van der Waals surface area contributed by atoms with Gasteiger partial charge in [0.05, 0.1) is 0 Å². The van der Waals surface area contributed by atoms with Crippen molar-refractivity contribution < 1.29 is 14.6 Å². The highest BCUT2D eigenvalue weighted by Crippen LogP contribution is 2.53. The van der Waals surface area contributed by atoms with Crippen LogP contribution in [0.3, 0.4) is 0 Å². The normalized spacial score (nSPS) is 32.9. The van der Waals surface area contributed by atoms with Crippen molar-refractivity contribution in [3.05, 3.63) is 0 Å². The smallest absolute Gasteiger partial charge is 0.0395 e. The first-order chi connectivity index (χ1) is 10.0. The van der Waals surface area contributed by atoms with Crippen LogP contribution in [0.4, 0.5) is 0 Å². The van der Waals surface area contributed by atoms with Crippen LogP contribution in [0.1, 0.15) is 79.6 Å². The molecule has 4 saturated carbocycles. The SMILES string of the molecule is C1C2CC3CC1CC(C2)C3.CC.CCC(C)(C)SOO[O-]. The van der Waals surface area contributed by atoms with E-state index in [1.54, 1.807) is 38.5 Å². The molecule has 0 heterocycles. The van der Waals surface area contributed by atoms with Gasteiger partial charge in [0, 0.05) is 16.8 Å². The van der Waals surface area contributed by atoms with Crippen molar-refractivity contribution in [2.24, 2.45) is 23.7 Å². The maximum Gasteiger partial charge on any atom is 0.0395 e. The van der Waals surface area contributed by atoms with Gasteiger partial charge in [-0.15, -0.1) is 0 Å². The second-order valence-corrected chi connectivity index (χ2v) is 8.62. The third-order valence-electron chi connectivity index (χ3n) is 5.14. The van der Waals surface area contributed by atoms with Gasteiger partial charge < -0.3 is 5.26 Å². The van der Waals surface area contributed by atoms with E-state index in [-0.39, 0.29) is 4.75 Å². The molecule has 3 nitrogen and oxygen atoms in total. The molecule has 4 aliphatic carbocycles. The van der Waals surface area contributed by atoms with Crippen LogP contribution in [0.2, 0.25) is 0 Å². The zero-order chi connectivity index (χ0) is 15.9. The minimum Gasteiger partial charge on any atom is -0.691 e. The lowest BCUT2D eigenvalue weighted by molar-refractivity contribution is -0.777. The summed E-state index contributed by atoms with van der Waals surface area (Å²) in [5.41, 5.74) is 0. The average Bonchev–Trinajstić information content (AvgIpc) is 2.47. The first-order valence-electron chi connectivity index (χ1n) is 8.66. The van der Waals surface area contributed by atoms with Gasteiger partial charge in [0.1, 0.15) is 0 Å². The van der Waals surface area contributed by atoms with E-state index in [2.05, 4.69) is 9.37 Å². The summed E-state index contributed by atoms with van der Waals surface area (Å²) in [5, 5.41) is 12.5. The molecule has 0 amide bonds. The van der Waals surface area contributed by atoms with E-state index in [0.29, 0.717) is 0 Å². The largest absolute Gasteiger partial charge is 0.691 e. The van der Waals surface area contributed by atoms with Crippen molar-refractivity contribution in [2.45, 2.75) is 84.3 Å². The standard InChI is InChI=1S/C10H16.C5H12O3S.C2H6/c1-7-2-9-4-8(1)5-10(3-7)6-9;1-4-5(2,3)9-8-7-6;1-2/h7-10H,1-6H2;6H,4H2,1-3H3;1-2H3/p-1. The minimum atomic E-state index is -0.0373. The van der Waals surface area contributed by atoms with E-state index < -0.39 is 0 Å². The molecule has 4 heteroatoms. The first-order valence-corrected chi connectivity index (χ1v) is 9.41. The highest BCUT2D eigenvalue weighted by Gasteiger charge is 2.41. The molecule has 21 heavy (non-hydrogen) atoms. The molecular weight excluding hydrogens is 284 g/mol. The van der Waals surface area contributed by atoms with Crippen LogP contribution in [-0.4, -0.2) is 4.75 Å². The van der Waals surface area contributed by atoms with Crippen molar-refractivity contribution in [2.75, 3.05) is 0 Å². The Hall–Kier alpha value is 0.230. The van der Waals surface area contributed by atoms with E-state index >= 15 is 0 Å². The zero-order valence-electron chi connectivity index (χ0n) is 14.4. The van der Waals surface area contributed by atoms with Gasteiger partial charge in [-0.25, -0.2) is 0 Å². The Bertz CT molecular complexity index is 225. The number of rotatable bonds is 4. The van der Waals surface area contributed by atoms with Gasteiger partial charge in [0.25, 0.3) is 0 Å². The molecule has 0 aromatic heterocycles. The minimum absolute atomic E-state index is 0.0373. The maximum atomic E-state index is 9.35. The van der Waals surface area contributed by atoms with Gasteiger partial charge in [0.2, 0.25) is 0 Å². The van der Waals surface area contributed by atoms with E-state index in [1.807, 2.05) is 34.6 Å². The van der Waals surface area contributed by atoms with Gasteiger partial charge in [-0.1, -0.05) is 20.8 Å². The molecule has 0 N–H and O–H groups in total. The lowest BCUT2D eigenvalue weighted by Gasteiger charge is -2.49. The molecule has 0 spiro atoms. The quantitative estimate of drug-likeness (QED) is 0.420. The Labute approximate surface area is 135 Å². The number of hydrogen-bond acceptors (Lipinski definition) is 4. The van der Waals surface area contributed by atoms with E-state index in [0.717, 1.165) is 18.5 Å². The predicted molar refractivity (Wildman–Crippen MR) is 87.1 cm³/mol. The molecule has 126 valence electrons. The summed E-state index contributed by atoms with van der Waals surface area (Å²) >= 11 is 1.04. The fourth-order valence-corrected chi connectivity index (χ4v) is 4.48. The second kappa shape index (κ2) is 9.39. The van der Waals surface area contributed by atoms with E-state index in [9.17, 15) is 5.26 Å². The molecule has 0 aromatic rings. The third-order valence-corrected chi connectivity index (χ3v) is 6.00. The first kappa shape index (κ1) is 19.3. The maximum absolute atomic E-state index is 9.35. The summed E-state index contributed by atoms with van der Waals surface area (Å²) in [5.74, 6) is 4.71. The Morgan fingerprint density at radius 2 is 1.24 bits per heavy atom. The highest BCUT2D eigenvalue weighted by atomic mass is 32.2. The molecule has 4 fully saturated rings. The van der Waals surface area contributed by atoms with E-state index in [1.165, 1.54) is 23.7 Å². The van der Waals surface area contributed by atoms with Crippen molar-refractivity contribution in [1.82, 2.24) is 0 Å². The zero-order valence-corrected chi connectivity index (χ0v) is 15.2. The van der Waals surface area contributed by atoms with Crippen molar-refractivity contribution in [1.29, 1.82) is 0 Å². The topological polar surface area (TPSA) is 41.5 Å². The molecular formula is C17H33O3S-. The van der Waals surface area contributed by atoms with E-state index in [4.69, 9.17) is 0 Å². The van der Waals surface area contributed by atoms with Gasteiger partial charge >= 0.3 is 0 Å². The van der Waals surface area contributed by atoms with Gasteiger partial charge in [-0.3, -0.25) is 5.04 Å². The molecule has 4 rings (SSSR count). The molecule has 0 atom stereocenters. The van der Waals surface area contributed by atoms with Gasteiger partial charge in [-0.2, -0.15) is 4.33 Å². The summed E-state index contributed by atoms with van der Waals surface area (Å²) in [7, 11) is 0. The summed E-state index contributed by atoms with van der Waals surface area (Å²) in [6.07, 6.45) is 10.6. The summed E-state index contributed by atoms with van der Waals surface area (Å²) < 4.78 is 4.11. The van der Waals surface area contributed by atoms with Crippen molar-refractivity contribution >= 4 is 12.0 Å². The molecule has 0 aliphatic heterocycles. The highest BCUT2D eigenvalue weighted by molar-refractivity contribution is 7.95. The second-order valence-electron chi connectivity index (χ2n) is 7.21. The fourth-order valence-electron chi connectivity index (χ4n) is 4.15.